The van der Waals surface area contributed by atoms with Gasteiger partial charge in [-0.05, 0) is 85.0 Å². The number of allylic oxidation sites excluding steroid dienone is 2. The summed E-state index contributed by atoms with van der Waals surface area (Å²) >= 11 is 6.39. The highest BCUT2D eigenvalue weighted by Gasteiger charge is 2.35. The molecule has 17 N–H and O–H groups in total. The molecule has 1 aliphatic heterocycles. The van der Waals surface area contributed by atoms with Crippen molar-refractivity contribution in [2.45, 2.75) is 64.0 Å². The number of rotatable bonds is 24. The Morgan fingerprint density at radius 3 is 2.00 bits per heavy atom. The van der Waals surface area contributed by atoms with Gasteiger partial charge in [-0.25, -0.2) is 0 Å². The molecule has 0 saturated heterocycles. The maximum atomic E-state index is 13.9. The van der Waals surface area contributed by atoms with E-state index < -0.39 is 73.6 Å². The molecule has 3 unspecified atom stereocenters. The SMILES string of the molecule is CC/C=C(/CCSSC)Nc1ccc2[nH]c(C(=O)Nc3ccc4[nH]c(C(=O)N5CC(CCl)c6c5cc(O)c5ccccc65)cc4c3)cc2c1.CCCN=C(N)N.NC(CC(=O)O)C(=O)NCC(=O)NC(CC(=O)O)C(=O)NCC(=O)O. The standard InChI is InChI=1S/C38H36ClN5O3S2.C12H18N4O9.C4H11N3/c1-3-6-25(13-14-49-48-2)40-26-9-11-30-22(15-26)17-32(42-30)37(46)41-27-10-12-31-23(16-27)18-33(43-31)38(47)44-21-24(20-39)36-29-8-5-4-7-28(29)35(45)19-34(36)44;13-5(1-8(18)19)11(24)14-3-7(17)16-6(2-9(20)21)12(25)15-4-10(22)23;1-2-3-7-4(5)6/h4-12,15-19,24,40,42-43,45H,3,13-14,20-21H2,1-2H3,(H,41,46);5-6H,1-4,13H2,(H,14,24)(H,15,25)(H,16,17)(H,18,19)(H,20,21)(H,22,23);2-3H2,1H3,(H4,5,6,7)/b25-6-;;. The molecule has 0 aliphatic carbocycles. The summed E-state index contributed by atoms with van der Waals surface area (Å²) < 4.78 is 0. The number of carbonyl (C=O) groups excluding carboxylic acids is 5. The van der Waals surface area contributed by atoms with Crippen LogP contribution in [0.25, 0.3) is 32.6 Å². The summed E-state index contributed by atoms with van der Waals surface area (Å²) in [6.07, 6.45) is 5.75. The van der Waals surface area contributed by atoms with E-state index in [1.165, 1.54) is 5.70 Å². The molecule has 24 nitrogen and oxygen atoms in total. The van der Waals surface area contributed by atoms with Crippen LogP contribution in [0.4, 0.5) is 17.1 Å². The van der Waals surface area contributed by atoms with E-state index in [0.29, 0.717) is 35.2 Å². The van der Waals surface area contributed by atoms with Crippen molar-refractivity contribution < 1.29 is 58.8 Å². The molecule has 0 spiro atoms. The van der Waals surface area contributed by atoms with Gasteiger partial charge in [0.2, 0.25) is 17.7 Å². The van der Waals surface area contributed by atoms with Gasteiger partial charge in [0, 0.05) is 81.0 Å². The fourth-order valence-electron chi connectivity index (χ4n) is 8.36. The first-order valence-electron chi connectivity index (χ1n) is 25.3. The van der Waals surface area contributed by atoms with Crippen molar-refractivity contribution in [3.8, 4) is 5.75 Å². The number of carboxylic acids is 3. The van der Waals surface area contributed by atoms with Crippen molar-refractivity contribution in [2.24, 2.45) is 22.2 Å². The number of anilines is 3. The van der Waals surface area contributed by atoms with Gasteiger partial charge in [-0.15, -0.1) is 11.6 Å². The molecule has 2 aromatic heterocycles. The number of amides is 5. The van der Waals surface area contributed by atoms with E-state index in [0.717, 1.165) is 75.4 Å². The highest BCUT2D eigenvalue weighted by Crippen LogP contribution is 2.45. The third-order valence-corrected chi connectivity index (χ3v) is 14.2. The average Bonchev–Trinajstić information content (AvgIpc) is 4.35. The second-order valence-electron chi connectivity index (χ2n) is 18.1. The van der Waals surface area contributed by atoms with Crippen LogP contribution in [-0.4, -0.2) is 140 Å². The van der Waals surface area contributed by atoms with Gasteiger partial charge in [-0.1, -0.05) is 65.8 Å². The van der Waals surface area contributed by atoms with Crippen molar-refractivity contribution in [1.82, 2.24) is 25.9 Å². The number of H-pyrrole nitrogens is 2. The maximum absolute atomic E-state index is 13.9. The molecule has 4 aromatic carbocycles. The molecular weight excluding hydrogens is 1110 g/mol. The molecule has 5 amide bonds. The number of halogens is 1. The first-order chi connectivity index (χ1) is 38.7. The van der Waals surface area contributed by atoms with E-state index in [4.69, 9.17) is 44.1 Å². The highest BCUT2D eigenvalue weighted by molar-refractivity contribution is 8.76. The lowest BCUT2D eigenvalue weighted by Gasteiger charge is -2.17. The minimum atomic E-state index is -1.56. The summed E-state index contributed by atoms with van der Waals surface area (Å²) in [5.41, 5.74) is 22.2. The van der Waals surface area contributed by atoms with E-state index in [9.17, 15) is 43.5 Å². The van der Waals surface area contributed by atoms with Crippen molar-refractivity contribution in [1.29, 1.82) is 0 Å². The predicted molar refractivity (Wildman–Crippen MR) is 317 cm³/mol. The number of aromatic nitrogens is 2. The third-order valence-electron chi connectivity index (χ3n) is 12.0. The van der Waals surface area contributed by atoms with E-state index in [1.807, 2.05) is 94.3 Å². The normalized spacial score (nSPS) is 13.3. The molecular formula is C54H65ClN12O12S2. The fraction of sp³-hybridized carbons (Fsp3) is 0.315. The van der Waals surface area contributed by atoms with Crippen LogP contribution in [0.5, 0.6) is 5.75 Å². The van der Waals surface area contributed by atoms with Gasteiger partial charge in [0.25, 0.3) is 11.8 Å². The summed E-state index contributed by atoms with van der Waals surface area (Å²) in [7, 11) is 3.62. The topological polar surface area (TPSA) is 403 Å². The van der Waals surface area contributed by atoms with Crippen LogP contribution in [0.1, 0.15) is 78.4 Å². The average molecular weight is 1170 g/mol. The number of aliphatic carboxylic acids is 3. The van der Waals surface area contributed by atoms with Crippen molar-refractivity contribution in [3.63, 3.8) is 0 Å². The van der Waals surface area contributed by atoms with Crippen LogP contribution in [-0.2, 0) is 28.8 Å². The molecule has 3 heterocycles. The van der Waals surface area contributed by atoms with Gasteiger partial charge in [-0.2, -0.15) is 0 Å². The van der Waals surface area contributed by atoms with Crippen molar-refractivity contribution in [2.75, 3.05) is 59.6 Å². The van der Waals surface area contributed by atoms with Gasteiger partial charge >= 0.3 is 17.9 Å². The third kappa shape index (κ3) is 18.6. The lowest BCUT2D eigenvalue weighted by molar-refractivity contribution is -0.141. The molecule has 0 radical (unpaired) electrons. The largest absolute Gasteiger partial charge is 0.507 e. The van der Waals surface area contributed by atoms with Crippen molar-refractivity contribution >= 4 is 136 Å². The summed E-state index contributed by atoms with van der Waals surface area (Å²) in [4.78, 5) is 105. The van der Waals surface area contributed by atoms with E-state index in [1.54, 1.807) is 27.8 Å². The zero-order chi connectivity index (χ0) is 59.3. The molecule has 0 fully saturated rings. The summed E-state index contributed by atoms with van der Waals surface area (Å²) in [5, 5.41) is 52.3. The van der Waals surface area contributed by atoms with Gasteiger partial charge in [0.15, 0.2) is 5.96 Å². The van der Waals surface area contributed by atoms with Crippen LogP contribution in [0, 0.1) is 0 Å². The number of nitrogens with zero attached hydrogens (tertiary/aromatic N) is 2. The number of benzene rings is 4. The van der Waals surface area contributed by atoms with E-state index in [2.05, 4.69) is 50.9 Å². The smallest absolute Gasteiger partial charge is 0.322 e. The molecule has 6 aromatic rings. The first kappa shape index (κ1) is 63.4. The Kier molecular flexibility index (Phi) is 24.1. The number of nitrogens with one attached hydrogen (secondary N) is 7. The second-order valence-corrected chi connectivity index (χ2v) is 21.1. The number of guanidine groups is 1. The second kappa shape index (κ2) is 30.8. The Hall–Kier alpha value is -8.46. The number of hydrogen-bond acceptors (Lipinski definition) is 14. The minimum Gasteiger partial charge on any atom is -0.507 e. The molecule has 3 atom stereocenters. The summed E-state index contributed by atoms with van der Waals surface area (Å²) in [5.74, 6) is -5.86. The summed E-state index contributed by atoms with van der Waals surface area (Å²) in [6, 6.07) is 21.6. The Morgan fingerprint density at radius 2 is 1.42 bits per heavy atom. The first-order valence-corrected chi connectivity index (χ1v) is 28.5. The Morgan fingerprint density at radius 1 is 0.802 bits per heavy atom. The molecule has 1 aliphatic rings. The minimum absolute atomic E-state index is 0.0610. The lowest BCUT2D eigenvalue weighted by atomic mass is 9.95. The maximum Gasteiger partial charge on any atom is 0.322 e. The molecule has 7 rings (SSSR count). The Balaban J connectivity index is 0.000000316. The number of aromatic amines is 2. The number of carboxylic acid groups (broad SMARTS) is 3. The van der Waals surface area contributed by atoms with Crippen LogP contribution in [0.2, 0.25) is 0 Å². The van der Waals surface area contributed by atoms with E-state index in [-0.39, 0.29) is 29.4 Å². The quantitative estimate of drug-likeness (QED) is 0.0115. The number of hydrogen-bond donors (Lipinski definition) is 14. The van der Waals surface area contributed by atoms with Gasteiger partial charge in [0.05, 0.1) is 31.1 Å². The number of aliphatic imine (C=N–C) groups is 1. The Labute approximate surface area is 477 Å². The number of phenolic OH excluding ortho intramolecular Hbond substituents is 1. The zero-order valence-corrected chi connectivity index (χ0v) is 46.9. The monoisotopic (exact) mass is 1170 g/mol. The Bertz CT molecular complexity index is 3330. The molecule has 0 saturated carbocycles. The van der Waals surface area contributed by atoms with E-state index >= 15 is 0 Å². The fourth-order valence-corrected chi connectivity index (χ4v) is 9.84. The van der Waals surface area contributed by atoms with Gasteiger partial charge < -0.3 is 79.1 Å². The molecule has 27 heteroatoms. The van der Waals surface area contributed by atoms with Gasteiger partial charge in [0.1, 0.15) is 29.7 Å². The van der Waals surface area contributed by atoms with Crippen LogP contribution in [0.3, 0.4) is 0 Å². The molecule has 0 bridgehead atoms. The van der Waals surface area contributed by atoms with Gasteiger partial charge in [-0.3, -0.25) is 43.3 Å². The van der Waals surface area contributed by atoms with Crippen molar-refractivity contribution in [3.05, 3.63) is 108 Å². The number of fused-ring (bicyclic) bond motifs is 5. The van der Waals surface area contributed by atoms with Crippen LogP contribution in [0.15, 0.2) is 95.6 Å². The number of alkyl halides is 1. The predicted octanol–water partition coefficient (Wildman–Crippen LogP) is 5.58. The van der Waals surface area contributed by atoms with Crippen LogP contribution < -0.4 is 48.7 Å². The number of nitrogens with two attached hydrogens (primary N) is 3. The molecule has 432 valence electrons. The zero-order valence-electron chi connectivity index (χ0n) is 44.5. The number of aromatic hydroxyl groups is 1. The highest BCUT2D eigenvalue weighted by atomic mass is 35.5. The lowest BCUT2D eigenvalue weighted by Crippen LogP contribution is -2.52. The molecule has 81 heavy (non-hydrogen) atoms. The number of carbonyl (C=O) groups is 8. The number of phenols is 1. The van der Waals surface area contributed by atoms with Crippen LogP contribution >= 0.6 is 33.2 Å². The summed E-state index contributed by atoms with van der Waals surface area (Å²) in [6.45, 7) is 3.85.